The predicted octanol–water partition coefficient (Wildman–Crippen LogP) is 4.12. The van der Waals surface area contributed by atoms with Crippen molar-refractivity contribution in [2.45, 2.75) is 62.7 Å². The summed E-state index contributed by atoms with van der Waals surface area (Å²) in [5.74, 6) is 1.36. The second-order valence-electron chi connectivity index (χ2n) is 8.96. The van der Waals surface area contributed by atoms with Gasteiger partial charge < -0.3 is 10.1 Å². The molecule has 1 heterocycles. The molecular weight excluding hydrogens is 444 g/mol. The van der Waals surface area contributed by atoms with Gasteiger partial charge in [-0.15, -0.1) is 0 Å². The number of hydrogen-bond acceptors (Lipinski definition) is 5. The molecule has 4 rings (SSSR count). The van der Waals surface area contributed by atoms with Crippen LogP contribution in [-0.4, -0.2) is 49.9 Å². The number of hydrazone groups is 1. The number of rotatable bonds is 5. The predicted molar refractivity (Wildman–Crippen MR) is 131 cm³/mol. The number of anilines is 1. The Labute approximate surface area is 197 Å². The van der Waals surface area contributed by atoms with Gasteiger partial charge in [-0.2, -0.15) is 9.41 Å². The van der Waals surface area contributed by atoms with Crippen molar-refractivity contribution < 1.29 is 13.2 Å². The third-order valence-corrected chi connectivity index (χ3v) is 8.97. The second-order valence-corrected chi connectivity index (χ2v) is 11.3. The molecule has 2 saturated carbocycles. The first-order valence-corrected chi connectivity index (χ1v) is 13.7. The molecule has 3 fully saturated rings. The monoisotopic (exact) mass is 478 g/mol. The molecule has 0 aromatic heterocycles. The van der Waals surface area contributed by atoms with Gasteiger partial charge in [0.05, 0.1) is 18.1 Å². The number of nitrogens with one attached hydrogen (secondary N) is 2. The lowest BCUT2D eigenvalue weighted by molar-refractivity contribution is 0.0730. The van der Waals surface area contributed by atoms with E-state index in [-0.39, 0.29) is 4.90 Å². The van der Waals surface area contributed by atoms with E-state index in [1.165, 1.54) is 61.4 Å². The Balaban J connectivity index is 1.34. The highest BCUT2D eigenvalue weighted by molar-refractivity contribution is 7.89. The Hall–Kier alpha value is -1.55. The van der Waals surface area contributed by atoms with Crippen LogP contribution in [0.25, 0.3) is 0 Å². The van der Waals surface area contributed by atoms with Crippen molar-refractivity contribution in [3.05, 3.63) is 24.3 Å². The van der Waals surface area contributed by atoms with Crippen molar-refractivity contribution in [3.63, 3.8) is 0 Å². The first-order chi connectivity index (χ1) is 15.5. The third-order valence-electron chi connectivity index (χ3n) is 6.87. The van der Waals surface area contributed by atoms with Crippen LogP contribution in [0.2, 0.25) is 0 Å². The zero-order chi connectivity index (χ0) is 22.4. The van der Waals surface area contributed by atoms with Crippen LogP contribution < -0.4 is 10.7 Å². The molecule has 7 nitrogen and oxygen atoms in total. The van der Waals surface area contributed by atoms with Crippen LogP contribution in [0.3, 0.4) is 0 Å². The normalized spacial score (nSPS) is 24.9. The summed E-state index contributed by atoms with van der Waals surface area (Å²) in [4.78, 5) is 0.279. The van der Waals surface area contributed by atoms with Crippen molar-refractivity contribution in [1.29, 1.82) is 0 Å². The standard InChI is InChI=1S/C23H34N4O3S2/c28-32(29,27-14-16-30-17-15-27)20-12-10-19(11-13-20)24-23(31)26-25-22-9-5-4-8-21(22)18-6-2-1-3-7-18/h10-13,18,21H,1-9,14-17H2,(H2,24,26,31)/b25-22-. The maximum Gasteiger partial charge on any atom is 0.243 e. The summed E-state index contributed by atoms with van der Waals surface area (Å²) in [6, 6.07) is 6.70. The van der Waals surface area contributed by atoms with Gasteiger partial charge in [-0.3, -0.25) is 5.43 Å². The zero-order valence-corrected chi connectivity index (χ0v) is 20.2. The number of benzene rings is 1. The van der Waals surface area contributed by atoms with Crippen LogP contribution in [0.1, 0.15) is 57.8 Å². The molecule has 3 aliphatic rings. The van der Waals surface area contributed by atoms with Crippen LogP contribution in [-0.2, 0) is 14.8 Å². The molecule has 1 saturated heterocycles. The number of hydrogen-bond donors (Lipinski definition) is 2. The van der Waals surface area contributed by atoms with E-state index in [0.717, 1.165) is 18.0 Å². The van der Waals surface area contributed by atoms with E-state index in [4.69, 9.17) is 22.1 Å². The average molecular weight is 479 g/mol. The largest absolute Gasteiger partial charge is 0.379 e. The minimum atomic E-state index is -3.49. The van der Waals surface area contributed by atoms with Gasteiger partial charge in [0, 0.05) is 30.4 Å². The van der Waals surface area contributed by atoms with Gasteiger partial charge >= 0.3 is 0 Å². The van der Waals surface area contributed by atoms with Gasteiger partial charge in [-0.05, 0) is 74.5 Å². The van der Waals surface area contributed by atoms with E-state index in [9.17, 15) is 8.42 Å². The van der Waals surface area contributed by atoms with Crippen molar-refractivity contribution in [3.8, 4) is 0 Å². The van der Waals surface area contributed by atoms with E-state index in [2.05, 4.69) is 10.7 Å². The number of ether oxygens (including phenoxy) is 1. The van der Waals surface area contributed by atoms with Gasteiger partial charge in [-0.25, -0.2) is 8.42 Å². The molecule has 9 heteroatoms. The summed E-state index contributed by atoms with van der Waals surface area (Å²) in [5.41, 5.74) is 5.03. The average Bonchev–Trinajstić information content (AvgIpc) is 2.84. The highest BCUT2D eigenvalue weighted by atomic mass is 32.2. The number of thiocarbonyl (C=S) groups is 1. The van der Waals surface area contributed by atoms with Gasteiger partial charge in [0.25, 0.3) is 0 Å². The first kappa shape index (κ1) is 23.6. The summed E-state index contributed by atoms with van der Waals surface area (Å²) >= 11 is 5.44. The van der Waals surface area contributed by atoms with Gasteiger partial charge in [-0.1, -0.05) is 25.7 Å². The van der Waals surface area contributed by atoms with Crippen molar-refractivity contribution >= 4 is 38.8 Å². The zero-order valence-electron chi connectivity index (χ0n) is 18.6. The molecule has 2 N–H and O–H groups in total. The summed E-state index contributed by atoms with van der Waals surface area (Å²) in [6.45, 7) is 1.64. The van der Waals surface area contributed by atoms with Gasteiger partial charge in [0.2, 0.25) is 10.0 Å². The van der Waals surface area contributed by atoms with E-state index >= 15 is 0 Å². The lowest BCUT2D eigenvalue weighted by Crippen LogP contribution is -2.40. The van der Waals surface area contributed by atoms with Crippen molar-refractivity contribution in [1.82, 2.24) is 9.73 Å². The Morgan fingerprint density at radius 3 is 2.41 bits per heavy atom. The molecular formula is C23H34N4O3S2. The van der Waals surface area contributed by atoms with Gasteiger partial charge in [0.1, 0.15) is 0 Å². The van der Waals surface area contributed by atoms with Crippen LogP contribution >= 0.6 is 12.2 Å². The molecule has 1 aromatic rings. The molecule has 1 aliphatic heterocycles. The van der Waals surface area contributed by atoms with E-state index in [0.29, 0.717) is 37.3 Å². The maximum absolute atomic E-state index is 12.8. The Morgan fingerprint density at radius 1 is 1.00 bits per heavy atom. The third kappa shape index (κ3) is 5.87. The highest BCUT2D eigenvalue weighted by Crippen LogP contribution is 2.36. The first-order valence-electron chi connectivity index (χ1n) is 11.9. The fourth-order valence-corrected chi connectivity index (χ4v) is 6.70. The topological polar surface area (TPSA) is 83.0 Å². The van der Waals surface area contributed by atoms with Gasteiger partial charge in [0.15, 0.2) is 5.11 Å². The Bertz CT molecular complexity index is 906. The maximum atomic E-state index is 12.8. The smallest absolute Gasteiger partial charge is 0.243 e. The number of morpholine rings is 1. The minimum Gasteiger partial charge on any atom is -0.379 e. The number of nitrogens with zero attached hydrogens (tertiary/aromatic N) is 2. The summed E-state index contributed by atoms with van der Waals surface area (Å²) < 4.78 is 32.2. The molecule has 0 bridgehead atoms. The highest BCUT2D eigenvalue weighted by Gasteiger charge is 2.30. The lowest BCUT2D eigenvalue weighted by Gasteiger charge is -2.34. The SMILES string of the molecule is O=S(=O)(c1ccc(NC(=S)N/N=C2/CCCCC2C2CCCCC2)cc1)N1CCOCC1. The van der Waals surface area contributed by atoms with Crippen LogP contribution in [0, 0.1) is 11.8 Å². The molecule has 32 heavy (non-hydrogen) atoms. The number of sulfonamides is 1. The molecule has 1 atom stereocenters. The molecule has 0 spiro atoms. The van der Waals surface area contributed by atoms with Crippen LogP contribution in [0.15, 0.2) is 34.3 Å². The fourth-order valence-electron chi connectivity index (χ4n) is 5.13. The van der Waals surface area contributed by atoms with E-state index < -0.39 is 10.0 Å². The second kappa shape index (κ2) is 11.0. The van der Waals surface area contributed by atoms with E-state index in [1.807, 2.05) is 0 Å². The summed E-state index contributed by atoms with van der Waals surface area (Å²) in [6.07, 6.45) is 11.5. The lowest BCUT2D eigenvalue weighted by atomic mass is 9.72. The fraction of sp³-hybridized carbons (Fsp3) is 0.652. The summed E-state index contributed by atoms with van der Waals surface area (Å²) in [5, 5.41) is 8.25. The molecule has 176 valence electrons. The minimum absolute atomic E-state index is 0.279. The van der Waals surface area contributed by atoms with Crippen molar-refractivity contribution in [2.75, 3.05) is 31.6 Å². The molecule has 1 aromatic carbocycles. The van der Waals surface area contributed by atoms with Crippen LogP contribution in [0.4, 0.5) is 5.69 Å². The Morgan fingerprint density at radius 2 is 1.69 bits per heavy atom. The Kier molecular flexibility index (Phi) is 8.15. The molecule has 0 amide bonds. The van der Waals surface area contributed by atoms with E-state index in [1.54, 1.807) is 24.3 Å². The molecule has 1 unspecified atom stereocenters. The molecule has 0 radical (unpaired) electrons. The molecule has 2 aliphatic carbocycles. The summed E-state index contributed by atoms with van der Waals surface area (Å²) in [7, 11) is -3.49. The van der Waals surface area contributed by atoms with Crippen LogP contribution in [0.5, 0.6) is 0 Å². The quantitative estimate of drug-likeness (QED) is 0.489. The van der Waals surface area contributed by atoms with Crippen molar-refractivity contribution in [2.24, 2.45) is 16.9 Å².